The second kappa shape index (κ2) is 5.14. The Balaban J connectivity index is 2.46. The number of aryl methyl sites for hydroxylation is 1. The van der Waals surface area contributed by atoms with Crippen molar-refractivity contribution in [1.29, 1.82) is 0 Å². The highest BCUT2D eigenvalue weighted by Gasteiger charge is 2.16. The molecule has 5 nitrogen and oxygen atoms in total. The van der Waals surface area contributed by atoms with Gasteiger partial charge in [0.25, 0.3) is 0 Å². The quantitative estimate of drug-likeness (QED) is 0.915. The van der Waals surface area contributed by atoms with E-state index in [0.717, 1.165) is 11.1 Å². The predicted molar refractivity (Wildman–Crippen MR) is 69.4 cm³/mol. The highest BCUT2D eigenvalue weighted by atomic mass is 16.5. The van der Waals surface area contributed by atoms with Crippen molar-refractivity contribution in [1.82, 2.24) is 5.16 Å². The van der Waals surface area contributed by atoms with Gasteiger partial charge in [-0.15, -0.1) is 0 Å². The molecule has 0 spiro atoms. The lowest BCUT2D eigenvalue weighted by Crippen LogP contribution is -2.06. The average Bonchev–Trinajstić information content (AvgIpc) is 2.80. The number of ether oxygens (including phenoxy) is 1. The molecule has 0 fully saturated rings. The van der Waals surface area contributed by atoms with Gasteiger partial charge in [-0.05, 0) is 32.9 Å². The minimum absolute atomic E-state index is 0.0206. The third-order valence-corrected chi connectivity index (χ3v) is 2.49. The Bertz CT molecular complexity index is 601. The van der Waals surface area contributed by atoms with Gasteiger partial charge in [0.15, 0.2) is 0 Å². The predicted octanol–water partition coefficient (Wildman–Crippen LogP) is 3.14. The van der Waals surface area contributed by atoms with Crippen molar-refractivity contribution < 1.29 is 19.2 Å². The Labute approximate surface area is 110 Å². The number of aromatic carboxylic acids is 1. The molecule has 0 amide bonds. The SMILES string of the molecule is Cc1ccc(OC(C)C)c(-c2cc(C(=O)O)on2)c1. The molecule has 19 heavy (non-hydrogen) atoms. The number of rotatable bonds is 4. The number of aromatic nitrogens is 1. The summed E-state index contributed by atoms with van der Waals surface area (Å²) in [6.45, 7) is 5.80. The third kappa shape index (κ3) is 2.93. The van der Waals surface area contributed by atoms with E-state index in [1.807, 2.05) is 39.0 Å². The first-order chi connectivity index (χ1) is 8.97. The van der Waals surface area contributed by atoms with E-state index in [1.54, 1.807) is 0 Å². The molecule has 0 aliphatic rings. The number of benzene rings is 1. The van der Waals surface area contributed by atoms with Crippen LogP contribution < -0.4 is 4.74 Å². The molecule has 5 heteroatoms. The fourth-order valence-electron chi connectivity index (χ4n) is 1.70. The molecule has 1 N–H and O–H groups in total. The van der Waals surface area contributed by atoms with Crippen LogP contribution in [0.25, 0.3) is 11.3 Å². The van der Waals surface area contributed by atoms with Crippen molar-refractivity contribution in [3.05, 3.63) is 35.6 Å². The van der Waals surface area contributed by atoms with Gasteiger partial charge in [0.1, 0.15) is 11.4 Å². The highest BCUT2D eigenvalue weighted by Crippen LogP contribution is 2.31. The fourth-order valence-corrected chi connectivity index (χ4v) is 1.70. The third-order valence-electron chi connectivity index (χ3n) is 2.49. The van der Waals surface area contributed by atoms with Crippen LogP contribution in [0.4, 0.5) is 0 Å². The minimum Gasteiger partial charge on any atom is -0.490 e. The lowest BCUT2D eigenvalue weighted by molar-refractivity contribution is 0.0652. The lowest BCUT2D eigenvalue weighted by Gasteiger charge is -2.13. The van der Waals surface area contributed by atoms with Crippen LogP contribution in [0.3, 0.4) is 0 Å². The van der Waals surface area contributed by atoms with Gasteiger partial charge < -0.3 is 14.4 Å². The molecule has 2 aromatic rings. The summed E-state index contributed by atoms with van der Waals surface area (Å²) >= 11 is 0. The maximum Gasteiger partial charge on any atom is 0.374 e. The summed E-state index contributed by atoms with van der Waals surface area (Å²) in [5, 5.41) is 12.6. The van der Waals surface area contributed by atoms with Crippen LogP contribution in [0.15, 0.2) is 28.8 Å². The molecule has 0 radical (unpaired) electrons. The molecular formula is C14H15NO4. The molecule has 0 saturated carbocycles. The van der Waals surface area contributed by atoms with E-state index < -0.39 is 5.97 Å². The number of hydrogen-bond donors (Lipinski definition) is 1. The van der Waals surface area contributed by atoms with Gasteiger partial charge in [-0.1, -0.05) is 16.8 Å². The topological polar surface area (TPSA) is 72.6 Å². The second-order valence-electron chi connectivity index (χ2n) is 4.55. The maximum absolute atomic E-state index is 10.8. The van der Waals surface area contributed by atoms with Gasteiger partial charge in [-0.3, -0.25) is 0 Å². The van der Waals surface area contributed by atoms with Crippen molar-refractivity contribution in [2.24, 2.45) is 0 Å². The van der Waals surface area contributed by atoms with Gasteiger partial charge in [0.2, 0.25) is 5.76 Å². The number of nitrogens with zero attached hydrogens (tertiary/aromatic N) is 1. The van der Waals surface area contributed by atoms with E-state index in [2.05, 4.69) is 5.16 Å². The van der Waals surface area contributed by atoms with Crippen LogP contribution in [0.2, 0.25) is 0 Å². The molecule has 1 heterocycles. The van der Waals surface area contributed by atoms with Gasteiger partial charge >= 0.3 is 5.97 Å². The normalized spacial score (nSPS) is 10.7. The summed E-state index contributed by atoms with van der Waals surface area (Å²) in [6.07, 6.45) is 0.0206. The summed E-state index contributed by atoms with van der Waals surface area (Å²) in [5.41, 5.74) is 2.22. The molecule has 0 aliphatic heterocycles. The number of carboxylic acids is 1. The van der Waals surface area contributed by atoms with Crippen LogP contribution in [0, 0.1) is 6.92 Å². The van der Waals surface area contributed by atoms with Crippen molar-refractivity contribution in [2.45, 2.75) is 26.9 Å². The molecule has 2 rings (SSSR count). The van der Waals surface area contributed by atoms with Gasteiger partial charge in [0, 0.05) is 11.6 Å². The average molecular weight is 261 g/mol. The smallest absolute Gasteiger partial charge is 0.374 e. The Morgan fingerprint density at radius 3 is 2.68 bits per heavy atom. The van der Waals surface area contributed by atoms with Gasteiger partial charge in [-0.25, -0.2) is 4.79 Å². The van der Waals surface area contributed by atoms with Gasteiger partial charge in [0.05, 0.1) is 6.10 Å². The second-order valence-corrected chi connectivity index (χ2v) is 4.55. The highest BCUT2D eigenvalue weighted by molar-refractivity contribution is 5.86. The van der Waals surface area contributed by atoms with E-state index in [0.29, 0.717) is 11.4 Å². The summed E-state index contributed by atoms with van der Waals surface area (Å²) in [5.74, 6) is -0.671. The first-order valence-corrected chi connectivity index (χ1v) is 5.95. The summed E-state index contributed by atoms with van der Waals surface area (Å²) in [6, 6.07) is 7.06. The first kappa shape index (κ1) is 13.1. The summed E-state index contributed by atoms with van der Waals surface area (Å²) in [4.78, 5) is 10.8. The number of carbonyl (C=O) groups is 1. The summed E-state index contributed by atoms with van der Waals surface area (Å²) < 4.78 is 10.5. The zero-order chi connectivity index (χ0) is 14.0. The van der Waals surface area contributed by atoms with Crippen LogP contribution in [0.1, 0.15) is 30.0 Å². The Morgan fingerprint density at radius 2 is 2.11 bits per heavy atom. The van der Waals surface area contributed by atoms with Crippen LogP contribution in [0.5, 0.6) is 5.75 Å². The van der Waals surface area contributed by atoms with Crippen molar-refractivity contribution in [3.8, 4) is 17.0 Å². The zero-order valence-electron chi connectivity index (χ0n) is 11.0. The molecule has 0 unspecified atom stereocenters. The van der Waals surface area contributed by atoms with E-state index >= 15 is 0 Å². The van der Waals surface area contributed by atoms with E-state index in [-0.39, 0.29) is 11.9 Å². The molecular weight excluding hydrogens is 246 g/mol. The lowest BCUT2D eigenvalue weighted by atomic mass is 10.1. The maximum atomic E-state index is 10.8. The van der Waals surface area contributed by atoms with Crippen LogP contribution in [-0.2, 0) is 0 Å². The van der Waals surface area contributed by atoms with Crippen LogP contribution >= 0.6 is 0 Å². The van der Waals surface area contributed by atoms with Crippen molar-refractivity contribution >= 4 is 5.97 Å². The molecule has 1 aromatic heterocycles. The van der Waals surface area contributed by atoms with Crippen molar-refractivity contribution in [2.75, 3.05) is 0 Å². The zero-order valence-corrected chi connectivity index (χ0v) is 11.0. The summed E-state index contributed by atoms with van der Waals surface area (Å²) in [7, 11) is 0. The Kier molecular flexibility index (Phi) is 3.55. The Hall–Kier alpha value is -2.30. The van der Waals surface area contributed by atoms with Crippen molar-refractivity contribution in [3.63, 3.8) is 0 Å². The van der Waals surface area contributed by atoms with Crippen LogP contribution in [-0.4, -0.2) is 22.3 Å². The van der Waals surface area contributed by atoms with E-state index in [1.165, 1.54) is 6.07 Å². The minimum atomic E-state index is -1.14. The number of hydrogen-bond acceptors (Lipinski definition) is 4. The first-order valence-electron chi connectivity index (χ1n) is 5.95. The molecule has 100 valence electrons. The van der Waals surface area contributed by atoms with Gasteiger partial charge in [-0.2, -0.15) is 0 Å². The molecule has 0 saturated heterocycles. The standard InChI is InChI=1S/C14H15NO4/c1-8(2)18-12-5-4-9(3)6-10(12)11-7-13(14(16)17)19-15-11/h4-8H,1-3H3,(H,16,17). The van der Waals surface area contributed by atoms with E-state index in [4.69, 9.17) is 14.4 Å². The fraction of sp³-hybridized carbons (Fsp3) is 0.286. The largest absolute Gasteiger partial charge is 0.490 e. The Morgan fingerprint density at radius 1 is 1.37 bits per heavy atom. The number of carboxylic acid groups (broad SMARTS) is 1. The molecule has 0 aliphatic carbocycles. The van der Waals surface area contributed by atoms with E-state index in [9.17, 15) is 4.79 Å². The monoisotopic (exact) mass is 261 g/mol. The molecule has 1 aromatic carbocycles. The molecule has 0 bridgehead atoms. The molecule has 0 atom stereocenters.